The van der Waals surface area contributed by atoms with Gasteiger partial charge in [0.1, 0.15) is 5.75 Å². The van der Waals surface area contributed by atoms with E-state index < -0.39 is 6.10 Å². The molecule has 1 rings (SSSR count). The average Bonchev–Trinajstić information content (AvgIpc) is 2.20. The van der Waals surface area contributed by atoms with Crippen LogP contribution in [-0.2, 0) is 0 Å². The Kier molecular flexibility index (Phi) is 4.26. The summed E-state index contributed by atoms with van der Waals surface area (Å²) < 4.78 is 6.46. The highest BCUT2D eigenvalue weighted by atomic mass is 79.9. The molecule has 0 bridgehead atoms. The number of hydrogen-bond acceptors (Lipinski definition) is 2. The van der Waals surface area contributed by atoms with Gasteiger partial charge in [-0.2, -0.15) is 0 Å². The minimum absolute atomic E-state index is 0.217. The first-order valence-corrected chi connectivity index (χ1v) is 6.51. The van der Waals surface area contributed by atoms with Crippen molar-refractivity contribution in [3.63, 3.8) is 0 Å². The van der Waals surface area contributed by atoms with Crippen LogP contribution in [0.2, 0.25) is 0 Å². The molecule has 0 saturated carbocycles. The Hall–Kier alpha value is -0.540. The van der Waals surface area contributed by atoms with Gasteiger partial charge in [-0.3, -0.25) is 0 Å². The van der Waals surface area contributed by atoms with E-state index in [2.05, 4.69) is 15.9 Å². The van der Waals surface area contributed by atoms with Crippen molar-refractivity contribution in [2.45, 2.75) is 40.7 Å². The summed E-state index contributed by atoms with van der Waals surface area (Å²) in [6, 6.07) is 2.02. The van der Waals surface area contributed by atoms with Crippen LogP contribution in [0.3, 0.4) is 0 Å². The Morgan fingerprint density at radius 1 is 1.29 bits per heavy atom. The lowest BCUT2D eigenvalue weighted by Crippen LogP contribution is -2.20. The zero-order valence-corrected chi connectivity index (χ0v) is 13.0. The van der Waals surface area contributed by atoms with Gasteiger partial charge in [-0.05, 0) is 36.5 Å². The van der Waals surface area contributed by atoms with E-state index in [4.69, 9.17) is 4.74 Å². The maximum atomic E-state index is 10.5. The Morgan fingerprint density at radius 2 is 1.82 bits per heavy atom. The molecule has 0 saturated heterocycles. The largest absolute Gasteiger partial charge is 0.496 e. The van der Waals surface area contributed by atoms with Gasteiger partial charge in [-0.1, -0.05) is 36.7 Å². The van der Waals surface area contributed by atoms with Crippen molar-refractivity contribution < 1.29 is 9.84 Å². The Morgan fingerprint density at radius 3 is 2.24 bits per heavy atom. The van der Waals surface area contributed by atoms with Crippen LogP contribution in [0.1, 0.15) is 43.6 Å². The number of halogens is 1. The van der Waals surface area contributed by atoms with Gasteiger partial charge < -0.3 is 9.84 Å². The van der Waals surface area contributed by atoms with Crippen LogP contribution in [0, 0.1) is 19.3 Å². The maximum absolute atomic E-state index is 10.5. The molecule has 1 N–H and O–H groups in total. The standard InChI is InChI=1S/C14H21BrO2/c1-8-7-10(15)9(2)11(12(8)17-6)13(16)14(3,4)5/h7,13,16H,1-6H3. The fourth-order valence-electron chi connectivity index (χ4n) is 1.91. The fourth-order valence-corrected chi connectivity index (χ4v) is 2.47. The van der Waals surface area contributed by atoms with Crippen LogP contribution in [0.4, 0.5) is 0 Å². The first kappa shape index (κ1) is 14.5. The molecule has 1 unspecified atom stereocenters. The van der Waals surface area contributed by atoms with Gasteiger partial charge >= 0.3 is 0 Å². The Labute approximate surface area is 112 Å². The summed E-state index contributed by atoms with van der Waals surface area (Å²) in [5.74, 6) is 0.785. The summed E-state index contributed by atoms with van der Waals surface area (Å²) in [5.41, 5.74) is 2.73. The van der Waals surface area contributed by atoms with Crippen molar-refractivity contribution in [1.29, 1.82) is 0 Å². The Balaban J connectivity index is 3.50. The minimum Gasteiger partial charge on any atom is -0.496 e. The number of hydrogen-bond donors (Lipinski definition) is 1. The van der Waals surface area contributed by atoms with Crippen molar-refractivity contribution in [3.05, 3.63) is 27.2 Å². The summed E-state index contributed by atoms with van der Waals surface area (Å²) in [4.78, 5) is 0. The van der Waals surface area contributed by atoms with Crippen LogP contribution in [-0.4, -0.2) is 12.2 Å². The molecular weight excluding hydrogens is 280 g/mol. The normalized spacial score (nSPS) is 13.6. The molecule has 0 fully saturated rings. The van der Waals surface area contributed by atoms with Crippen LogP contribution < -0.4 is 4.74 Å². The van der Waals surface area contributed by atoms with Crippen molar-refractivity contribution in [3.8, 4) is 5.75 Å². The predicted octanol–water partition coefficient (Wildman–Crippen LogP) is 4.15. The lowest BCUT2D eigenvalue weighted by Gasteiger charge is -2.29. The lowest BCUT2D eigenvalue weighted by atomic mass is 9.82. The van der Waals surface area contributed by atoms with Crippen LogP contribution in [0.25, 0.3) is 0 Å². The highest BCUT2D eigenvalue weighted by Crippen LogP contribution is 2.42. The van der Waals surface area contributed by atoms with E-state index in [-0.39, 0.29) is 5.41 Å². The zero-order valence-electron chi connectivity index (χ0n) is 11.4. The topological polar surface area (TPSA) is 29.5 Å². The molecule has 0 radical (unpaired) electrons. The third kappa shape index (κ3) is 2.83. The van der Waals surface area contributed by atoms with E-state index in [0.29, 0.717) is 0 Å². The van der Waals surface area contributed by atoms with Crippen molar-refractivity contribution >= 4 is 15.9 Å². The van der Waals surface area contributed by atoms with Gasteiger partial charge in [-0.25, -0.2) is 0 Å². The third-order valence-electron chi connectivity index (χ3n) is 3.01. The second-order valence-corrected chi connectivity index (χ2v) is 6.37. The predicted molar refractivity (Wildman–Crippen MR) is 74.6 cm³/mol. The minimum atomic E-state index is -0.548. The number of methoxy groups -OCH3 is 1. The van der Waals surface area contributed by atoms with Gasteiger partial charge in [0, 0.05) is 10.0 Å². The number of aliphatic hydroxyl groups is 1. The molecule has 0 aliphatic rings. The van der Waals surface area contributed by atoms with Gasteiger partial charge in [0.05, 0.1) is 13.2 Å². The molecule has 0 aromatic heterocycles. The van der Waals surface area contributed by atoms with Gasteiger partial charge in [0.15, 0.2) is 0 Å². The summed E-state index contributed by atoms with van der Waals surface area (Å²) in [5, 5.41) is 10.5. The number of aryl methyl sites for hydroxylation is 1. The highest BCUT2D eigenvalue weighted by Gasteiger charge is 2.29. The quantitative estimate of drug-likeness (QED) is 0.889. The van der Waals surface area contributed by atoms with Gasteiger partial charge in [-0.15, -0.1) is 0 Å². The molecule has 0 aliphatic carbocycles. The van der Waals surface area contributed by atoms with Gasteiger partial charge in [0.2, 0.25) is 0 Å². The van der Waals surface area contributed by atoms with Crippen LogP contribution in [0.15, 0.2) is 10.5 Å². The monoisotopic (exact) mass is 300 g/mol. The molecule has 1 aromatic rings. The summed E-state index contributed by atoms with van der Waals surface area (Å²) in [6.45, 7) is 10.0. The molecule has 3 heteroatoms. The maximum Gasteiger partial charge on any atom is 0.127 e. The molecule has 1 atom stereocenters. The first-order chi connectivity index (χ1) is 7.70. The second-order valence-electron chi connectivity index (χ2n) is 5.52. The number of benzene rings is 1. The fraction of sp³-hybridized carbons (Fsp3) is 0.571. The van der Waals surface area contributed by atoms with E-state index in [1.54, 1.807) is 7.11 Å². The molecule has 96 valence electrons. The molecular formula is C14H21BrO2. The Bertz CT molecular complexity index is 419. The SMILES string of the molecule is COc1c(C)cc(Br)c(C)c1C(O)C(C)(C)C. The van der Waals surface area contributed by atoms with E-state index in [0.717, 1.165) is 26.9 Å². The van der Waals surface area contributed by atoms with Crippen molar-refractivity contribution in [2.75, 3.05) is 7.11 Å². The van der Waals surface area contributed by atoms with Crippen LogP contribution in [0.5, 0.6) is 5.75 Å². The third-order valence-corrected chi connectivity index (χ3v) is 3.83. The number of aliphatic hydroxyl groups excluding tert-OH is 1. The molecule has 17 heavy (non-hydrogen) atoms. The molecule has 1 aromatic carbocycles. The molecule has 0 aliphatic heterocycles. The number of rotatable bonds is 2. The number of ether oxygens (including phenoxy) is 1. The van der Waals surface area contributed by atoms with E-state index >= 15 is 0 Å². The van der Waals surface area contributed by atoms with E-state index in [1.165, 1.54) is 0 Å². The lowest BCUT2D eigenvalue weighted by molar-refractivity contribution is 0.0597. The van der Waals surface area contributed by atoms with Crippen molar-refractivity contribution in [1.82, 2.24) is 0 Å². The molecule has 0 spiro atoms. The zero-order chi connectivity index (χ0) is 13.4. The molecule has 2 nitrogen and oxygen atoms in total. The summed E-state index contributed by atoms with van der Waals surface area (Å²) in [7, 11) is 1.65. The van der Waals surface area contributed by atoms with E-state index in [9.17, 15) is 5.11 Å². The first-order valence-electron chi connectivity index (χ1n) is 5.71. The highest BCUT2D eigenvalue weighted by molar-refractivity contribution is 9.10. The molecule has 0 heterocycles. The van der Waals surface area contributed by atoms with Gasteiger partial charge in [0.25, 0.3) is 0 Å². The van der Waals surface area contributed by atoms with E-state index in [1.807, 2.05) is 40.7 Å². The van der Waals surface area contributed by atoms with Crippen LogP contribution >= 0.6 is 15.9 Å². The second kappa shape index (κ2) is 4.99. The molecule has 0 amide bonds. The van der Waals surface area contributed by atoms with Crippen molar-refractivity contribution in [2.24, 2.45) is 5.41 Å². The smallest absolute Gasteiger partial charge is 0.127 e. The summed E-state index contributed by atoms with van der Waals surface area (Å²) >= 11 is 3.53. The average molecular weight is 301 g/mol. The summed E-state index contributed by atoms with van der Waals surface area (Å²) in [6.07, 6.45) is -0.548.